The van der Waals surface area contributed by atoms with E-state index in [1.165, 1.54) is 19.3 Å². The predicted molar refractivity (Wildman–Crippen MR) is 94.8 cm³/mol. The van der Waals surface area contributed by atoms with Gasteiger partial charge in [0.25, 0.3) is 0 Å². The number of hydrogen-bond donors (Lipinski definition) is 1. The summed E-state index contributed by atoms with van der Waals surface area (Å²) in [7, 11) is 3.92. The summed E-state index contributed by atoms with van der Waals surface area (Å²) in [6.45, 7) is 1.05. The van der Waals surface area contributed by atoms with Crippen molar-refractivity contribution in [3.63, 3.8) is 0 Å². The third-order valence-corrected chi connectivity index (χ3v) is 5.51. The summed E-state index contributed by atoms with van der Waals surface area (Å²) in [4.78, 5) is 28.9. The highest BCUT2D eigenvalue weighted by Gasteiger charge is 2.38. The van der Waals surface area contributed by atoms with Gasteiger partial charge in [0, 0.05) is 25.6 Å². The molecule has 0 spiro atoms. The van der Waals surface area contributed by atoms with Crippen molar-refractivity contribution in [3.8, 4) is 0 Å². The van der Waals surface area contributed by atoms with Crippen LogP contribution in [-0.4, -0.2) is 54.8 Å². The van der Waals surface area contributed by atoms with Crippen molar-refractivity contribution in [2.24, 2.45) is 5.92 Å². The standard InChI is InChI=1S/C19H29N3O3/c1-21(2)16(17-9-6-10-25-17)12-20-19(24)14-11-18(23)22(13-14)15-7-4-3-5-8-15/h6,9-10,14-16H,3-5,7-8,11-13H2,1-2H3,(H,20,24). The van der Waals surface area contributed by atoms with E-state index in [-0.39, 0.29) is 23.8 Å². The lowest BCUT2D eigenvalue weighted by Gasteiger charge is -2.31. The van der Waals surface area contributed by atoms with Crippen LogP contribution in [-0.2, 0) is 9.59 Å². The monoisotopic (exact) mass is 347 g/mol. The fraction of sp³-hybridized carbons (Fsp3) is 0.684. The Bertz CT molecular complexity index is 579. The van der Waals surface area contributed by atoms with Crippen LogP contribution in [0.25, 0.3) is 0 Å². The van der Waals surface area contributed by atoms with E-state index in [9.17, 15) is 9.59 Å². The molecule has 1 saturated heterocycles. The summed E-state index contributed by atoms with van der Waals surface area (Å²) in [5, 5.41) is 3.02. The van der Waals surface area contributed by atoms with E-state index in [1.54, 1.807) is 6.26 Å². The molecule has 2 amide bonds. The first kappa shape index (κ1) is 18.0. The van der Waals surface area contributed by atoms with Crippen molar-refractivity contribution in [1.82, 2.24) is 15.1 Å². The number of likely N-dealkylation sites (tertiary alicyclic amines) is 1. The Hall–Kier alpha value is -1.82. The smallest absolute Gasteiger partial charge is 0.225 e. The van der Waals surface area contributed by atoms with Crippen LogP contribution >= 0.6 is 0 Å². The zero-order chi connectivity index (χ0) is 17.8. The van der Waals surface area contributed by atoms with E-state index in [2.05, 4.69) is 5.32 Å². The molecule has 1 N–H and O–H groups in total. The van der Waals surface area contributed by atoms with Gasteiger partial charge < -0.3 is 14.6 Å². The molecular weight excluding hydrogens is 318 g/mol. The number of amides is 2. The van der Waals surface area contributed by atoms with Gasteiger partial charge in [-0.3, -0.25) is 14.5 Å². The van der Waals surface area contributed by atoms with Crippen molar-refractivity contribution in [3.05, 3.63) is 24.2 Å². The maximum Gasteiger partial charge on any atom is 0.225 e. The summed E-state index contributed by atoms with van der Waals surface area (Å²) in [6.07, 6.45) is 7.81. The van der Waals surface area contributed by atoms with Gasteiger partial charge in [-0.05, 0) is 39.1 Å². The molecule has 6 nitrogen and oxygen atoms in total. The molecule has 2 atom stereocenters. The third kappa shape index (κ3) is 4.24. The lowest BCUT2D eigenvalue weighted by molar-refractivity contribution is -0.130. The molecule has 1 saturated carbocycles. The minimum atomic E-state index is -0.228. The number of furan rings is 1. The van der Waals surface area contributed by atoms with Gasteiger partial charge in [0.15, 0.2) is 0 Å². The molecule has 2 fully saturated rings. The molecule has 1 aliphatic heterocycles. The predicted octanol–water partition coefficient (Wildman–Crippen LogP) is 2.18. The Kier molecular flexibility index (Phi) is 5.78. The first-order valence-corrected chi connectivity index (χ1v) is 9.33. The van der Waals surface area contributed by atoms with E-state index in [4.69, 9.17) is 4.42 Å². The van der Waals surface area contributed by atoms with Crippen LogP contribution in [0.4, 0.5) is 0 Å². The van der Waals surface area contributed by atoms with Crippen molar-refractivity contribution < 1.29 is 14.0 Å². The van der Waals surface area contributed by atoms with E-state index in [1.807, 2.05) is 36.0 Å². The van der Waals surface area contributed by atoms with Crippen molar-refractivity contribution in [2.75, 3.05) is 27.2 Å². The lowest BCUT2D eigenvalue weighted by atomic mass is 9.94. The molecular formula is C19H29N3O3. The van der Waals surface area contributed by atoms with E-state index in [0.29, 0.717) is 25.6 Å². The molecule has 0 radical (unpaired) electrons. The van der Waals surface area contributed by atoms with Gasteiger partial charge in [-0.1, -0.05) is 19.3 Å². The number of likely N-dealkylation sites (N-methyl/N-ethyl adjacent to an activating group) is 1. The first-order valence-electron chi connectivity index (χ1n) is 9.33. The molecule has 2 unspecified atom stereocenters. The van der Waals surface area contributed by atoms with Crippen LogP contribution in [0.3, 0.4) is 0 Å². The third-order valence-electron chi connectivity index (χ3n) is 5.51. The number of carbonyl (C=O) groups excluding carboxylic acids is 2. The average Bonchev–Trinajstić information content (AvgIpc) is 3.25. The van der Waals surface area contributed by atoms with Crippen LogP contribution in [0.15, 0.2) is 22.8 Å². The second-order valence-electron chi connectivity index (χ2n) is 7.48. The second kappa shape index (κ2) is 8.04. The average molecular weight is 347 g/mol. The van der Waals surface area contributed by atoms with Gasteiger partial charge in [-0.15, -0.1) is 0 Å². The molecule has 1 aromatic rings. The maximum absolute atomic E-state index is 12.6. The Labute approximate surface area is 149 Å². The number of nitrogens with zero attached hydrogens (tertiary/aromatic N) is 2. The first-order chi connectivity index (χ1) is 12.1. The second-order valence-corrected chi connectivity index (χ2v) is 7.48. The van der Waals surface area contributed by atoms with E-state index >= 15 is 0 Å². The van der Waals surface area contributed by atoms with Gasteiger partial charge >= 0.3 is 0 Å². The molecule has 2 heterocycles. The summed E-state index contributed by atoms with van der Waals surface area (Å²) in [6, 6.07) is 4.11. The van der Waals surface area contributed by atoms with Gasteiger partial charge in [-0.2, -0.15) is 0 Å². The Balaban J connectivity index is 1.54. The fourth-order valence-electron chi connectivity index (χ4n) is 4.01. The molecule has 1 aromatic heterocycles. The topological polar surface area (TPSA) is 65.8 Å². The SMILES string of the molecule is CN(C)C(CNC(=O)C1CC(=O)N(C2CCCCC2)C1)c1ccco1. The zero-order valence-corrected chi connectivity index (χ0v) is 15.2. The van der Waals surface area contributed by atoms with E-state index < -0.39 is 0 Å². The van der Waals surface area contributed by atoms with Crippen molar-refractivity contribution in [2.45, 2.75) is 50.6 Å². The number of nitrogens with one attached hydrogen (secondary N) is 1. The molecule has 1 aliphatic carbocycles. The largest absolute Gasteiger partial charge is 0.468 e. The van der Waals surface area contributed by atoms with Crippen LogP contribution in [0.5, 0.6) is 0 Å². The van der Waals surface area contributed by atoms with Gasteiger partial charge in [0.05, 0.1) is 18.2 Å². The van der Waals surface area contributed by atoms with Crippen molar-refractivity contribution in [1.29, 1.82) is 0 Å². The molecule has 6 heteroatoms. The van der Waals surface area contributed by atoms with Gasteiger partial charge in [0.2, 0.25) is 11.8 Å². The number of hydrogen-bond acceptors (Lipinski definition) is 4. The minimum Gasteiger partial charge on any atom is -0.468 e. The summed E-state index contributed by atoms with van der Waals surface area (Å²) in [5.41, 5.74) is 0. The number of carbonyl (C=O) groups is 2. The fourth-order valence-corrected chi connectivity index (χ4v) is 4.01. The normalized spacial score (nSPS) is 23.2. The summed E-state index contributed by atoms with van der Waals surface area (Å²) < 4.78 is 5.47. The van der Waals surface area contributed by atoms with Crippen LogP contribution < -0.4 is 5.32 Å². The molecule has 25 heavy (non-hydrogen) atoms. The highest BCUT2D eigenvalue weighted by molar-refractivity contribution is 5.89. The maximum atomic E-state index is 12.6. The highest BCUT2D eigenvalue weighted by Crippen LogP contribution is 2.28. The van der Waals surface area contributed by atoms with Crippen LogP contribution in [0, 0.1) is 5.92 Å². The quantitative estimate of drug-likeness (QED) is 0.857. The summed E-state index contributed by atoms with van der Waals surface area (Å²) >= 11 is 0. The lowest BCUT2D eigenvalue weighted by Crippen LogP contribution is -2.40. The summed E-state index contributed by atoms with van der Waals surface area (Å²) in [5.74, 6) is 0.720. The van der Waals surface area contributed by atoms with Crippen LogP contribution in [0.2, 0.25) is 0 Å². The van der Waals surface area contributed by atoms with Crippen molar-refractivity contribution >= 4 is 11.8 Å². The molecule has 3 rings (SSSR count). The molecule has 2 aliphatic rings. The Morgan fingerprint density at radius 3 is 2.76 bits per heavy atom. The molecule has 0 bridgehead atoms. The molecule has 0 aromatic carbocycles. The molecule has 138 valence electrons. The van der Waals surface area contributed by atoms with Gasteiger partial charge in [-0.25, -0.2) is 0 Å². The zero-order valence-electron chi connectivity index (χ0n) is 15.2. The minimum absolute atomic E-state index is 0.00879. The van der Waals surface area contributed by atoms with E-state index in [0.717, 1.165) is 18.6 Å². The Morgan fingerprint density at radius 2 is 2.12 bits per heavy atom. The van der Waals surface area contributed by atoms with Crippen LogP contribution in [0.1, 0.15) is 50.3 Å². The number of rotatable bonds is 6. The van der Waals surface area contributed by atoms with Gasteiger partial charge in [0.1, 0.15) is 5.76 Å². The highest BCUT2D eigenvalue weighted by atomic mass is 16.3. The Morgan fingerprint density at radius 1 is 1.36 bits per heavy atom.